The Balaban J connectivity index is 2.28. The zero-order valence-electron chi connectivity index (χ0n) is 7.57. The summed E-state index contributed by atoms with van der Waals surface area (Å²) >= 11 is 12.3. The van der Waals surface area contributed by atoms with Crippen molar-refractivity contribution in [2.75, 3.05) is 0 Å². The summed E-state index contributed by atoms with van der Waals surface area (Å²) in [6, 6.07) is 0. The van der Waals surface area contributed by atoms with Gasteiger partial charge < -0.3 is 0 Å². The van der Waals surface area contributed by atoms with E-state index in [1.54, 1.807) is 11.3 Å². The fraction of sp³-hybridized carbons (Fsp3) is 0.125. The van der Waals surface area contributed by atoms with Gasteiger partial charge >= 0.3 is 0 Å². The van der Waals surface area contributed by atoms with Crippen molar-refractivity contribution in [2.45, 2.75) is 16.3 Å². The van der Waals surface area contributed by atoms with Crippen LogP contribution in [0.4, 0.5) is 0 Å². The maximum atomic E-state index is 5.86. The number of rotatable bonds is 2. The van der Waals surface area contributed by atoms with Gasteiger partial charge in [0.05, 0.1) is 4.47 Å². The molecule has 0 saturated heterocycles. The minimum Gasteiger partial charge on any atom is -0.235 e. The summed E-state index contributed by atoms with van der Waals surface area (Å²) in [6.07, 6.45) is 1.44. The lowest BCUT2D eigenvalue weighted by Gasteiger charge is -2.00. The molecule has 0 unspecified atom stereocenters. The van der Waals surface area contributed by atoms with Crippen molar-refractivity contribution in [2.24, 2.45) is 0 Å². The molecule has 78 valence electrons. The fourth-order valence-corrected chi connectivity index (χ4v) is 3.24. The number of nitrogens with zero attached hydrogens (tertiary/aromatic N) is 3. The predicted octanol–water partition coefficient (Wildman–Crippen LogP) is 3.81. The van der Waals surface area contributed by atoms with E-state index in [4.69, 9.17) is 11.6 Å². The van der Waals surface area contributed by atoms with Crippen molar-refractivity contribution in [3.63, 3.8) is 0 Å². The van der Waals surface area contributed by atoms with Gasteiger partial charge in [0.25, 0.3) is 0 Å². The van der Waals surface area contributed by atoms with Crippen LogP contribution in [-0.2, 0) is 0 Å². The summed E-state index contributed by atoms with van der Waals surface area (Å²) in [7, 11) is 0. The van der Waals surface area contributed by atoms with Gasteiger partial charge in [-0.25, -0.2) is 15.0 Å². The van der Waals surface area contributed by atoms with Crippen LogP contribution in [0, 0.1) is 6.92 Å². The summed E-state index contributed by atoms with van der Waals surface area (Å²) in [4.78, 5) is 12.3. The maximum Gasteiger partial charge on any atom is 0.156 e. The van der Waals surface area contributed by atoms with E-state index in [1.807, 2.05) is 12.3 Å². The highest BCUT2D eigenvalue weighted by molar-refractivity contribution is 9.10. The van der Waals surface area contributed by atoms with Crippen LogP contribution in [0.3, 0.4) is 0 Å². The number of hydrogen-bond acceptors (Lipinski definition) is 5. The third-order valence-electron chi connectivity index (χ3n) is 1.50. The third kappa shape index (κ3) is 2.69. The van der Waals surface area contributed by atoms with Crippen molar-refractivity contribution in [3.05, 3.63) is 27.0 Å². The van der Waals surface area contributed by atoms with Gasteiger partial charge in [0.15, 0.2) is 4.34 Å². The fourth-order valence-electron chi connectivity index (χ4n) is 0.867. The molecule has 0 radical (unpaired) electrons. The second-order valence-corrected chi connectivity index (χ2v) is 5.89. The normalized spacial score (nSPS) is 10.6. The van der Waals surface area contributed by atoms with E-state index in [9.17, 15) is 0 Å². The molecule has 0 atom stereocenters. The molecule has 0 bridgehead atoms. The van der Waals surface area contributed by atoms with Crippen molar-refractivity contribution in [3.8, 4) is 0 Å². The molecule has 2 aromatic rings. The first-order chi connectivity index (χ1) is 7.16. The molecular formula is C8H5BrClN3S2. The minimum atomic E-state index is 0.417. The second-order valence-electron chi connectivity index (χ2n) is 2.64. The Labute approximate surface area is 108 Å². The molecule has 0 spiro atoms. The molecule has 15 heavy (non-hydrogen) atoms. The van der Waals surface area contributed by atoms with E-state index in [2.05, 4.69) is 30.9 Å². The molecule has 0 saturated carbocycles. The number of halogens is 2. The second kappa shape index (κ2) is 4.78. The van der Waals surface area contributed by atoms with E-state index < -0.39 is 0 Å². The molecule has 0 fully saturated rings. The van der Waals surface area contributed by atoms with Crippen molar-refractivity contribution < 1.29 is 0 Å². The first kappa shape index (κ1) is 11.3. The molecule has 0 aliphatic heterocycles. The van der Waals surface area contributed by atoms with Crippen LogP contribution < -0.4 is 0 Å². The zero-order valence-corrected chi connectivity index (χ0v) is 11.5. The molecular weight excluding hydrogens is 318 g/mol. The van der Waals surface area contributed by atoms with Gasteiger partial charge in [0.1, 0.15) is 16.5 Å². The molecule has 0 amide bonds. The lowest BCUT2D eigenvalue weighted by atomic mass is 10.6. The van der Waals surface area contributed by atoms with Gasteiger partial charge in [-0.3, -0.25) is 0 Å². The Morgan fingerprint density at radius 1 is 1.47 bits per heavy atom. The van der Waals surface area contributed by atoms with Crippen LogP contribution in [0.25, 0.3) is 0 Å². The van der Waals surface area contributed by atoms with Gasteiger partial charge in [-0.05, 0) is 34.6 Å². The van der Waals surface area contributed by atoms with Gasteiger partial charge in [0.2, 0.25) is 0 Å². The number of aryl methyl sites for hydroxylation is 1. The van der Waals surface area contributed by atoms with Crippen LogP contribution >= 0.6 is 50.6 Å². The average Bonchev–Trinajstić information content (AvgIpc) is 2.59. The molecule has 2 rings (SSSR count). The van der Waals surface area contributed by atoms with Gasteiger partial charge in [0, 0.05) is 11.1 Å². The van der Waals surface area contributed by atoms with Crippen LogP contribution in [0.2, 0.25) is 5.15 Å². The van der Waals surface area contributed by atoms with E-state index in [-0.39, 0.29) is 0 Å². The SMILES string of the molecule is Cc1csc(Sc2ncnc(Cl)c2Br)n1. The minimum absolute atomic E-state index is 0.417. The van der Waals surface area contributed by atoms with Crippen LogP contribution in [-0.4, -0.2) is 15.0 Å². The largest absolute Gasteiger partial charge is 0.235 e. The molecule has 0 aliphatic carbocycles. The molecule has 0 aliphatic rings. The van der Waals surface area contributed by atoms with E-state index in [1.165, 1.54) is 18.1 Å². The highest BCUT2D eigenvalue weighted by atomic mass is 79.9. The number of thiazole rings is 1. The smallest absolute Gasteiger partial charge is 0.156 e. The summed E-state index contributed by atoms with van der Waals surface area (Å²) in [6.45, 7) is 1.96. The standard InChI is InChI=1S/C8H5BrClN3S2/c1-4-2-14-8(13-4)15-7-5(9)6(10)11-3-12-7/h2-3H,1H3. The van der Waals surface area contributed by atoms with Crippen LogP contribution in [0.1, 0.15) is 5.69 Å². The van der Waals surface area contributed by atoms with Crippen LogP contribution in [0.5, 0.6) is 0 Å². The zero-order chi connectivity index (χ0) is 10.8. The highest BCUT2D eigenvalue weighted by Crippen LogP contribution is 2.35. The Bertz CT molecular complexity index is 488. The summed E-state index contributed by atoms with van der Waals surface area (Å²) in [5, 5.41) is 3.20. The van der Waals surface area contributed by atoms with Crippen molar-refractivity contribution >= 4 is 50.6 Å². The number of aromatic nitrogens is 3. The first-order valence-electron chi connectivity index (χ1n) is 3.93. The molecule has 2 heterocycles. The van der Waals surface area contributed by atoms with E-state index in [0.29, 0.717) is 9.63 Å². The predicted molar refractivity (Wildman–Crippen MR) is 65.7 cm³/mol. The van der Waals surface area contributed by atoms with Crippen molar-refractivity contribution in [1.29, 1.82) is 0 Å². The molecule has 2 aromatic heterocycles. The average molecular weight is 323 g/mol. The van der Waals surface area contributed by atoms with Crippen molar-refractivity contribution in [1.82, 2.24) is 15.0 Å². The van der Waals surface area contributed by atoms with E-state index >= 15 is 0 Å². The molecule has 0 N–H and O–H groups in total. The van der Waals surface area contributed by atoms with Gasteiger partial charge in [-0.2, -0.15) is 0 Å². The molecule has 7 heteroatoms. The monoisotopic (exact) mass is 321 g/mol. The topological polar surface area (TPSA) is 38.7 Å². The Morgan fingerprint density at radius 3 is 2.93 bits per heavy atom. The lowest BCUT2D eigenvalue weighted by molar-refractivity contribution is 1.02. The van der Waals surface area contributed by atoms with Gasteiger partial charge in [-0.15, -0.1) is 11.3 Å². The molecule has 3 nitrogen and oxygen atoms in total. The van der Waals surface area contributed by atoms with E-state index in [0.717, 1.165) is 15.1 Å². The third-order valence-corrected chi connectivity index (χ3v) is 5.08. The first-order valence-corrected chi connectivity index (χ1v) is 6.79. The highest BCUT2D eigenvalue weighted by Gasteiger charge is 2.10. The summed E-state index contributed by atoms with van der Waals surface area (Å²) in [5.41, 5.74) is 1.01. The van der Waals surface area contributed by atoms with Crippen LogP contribution in [0.15, 0.2) is 25.5 Å². The lowest BCUT2D eigenvalue weighted by Crippen LogP contribution is -1.86. The maximum absolute atomic E-state index is 5.86. The summed E-state index contributed by atoms with van der Waals surface area (Å²) < 4.78 is 1.66. The van der Waals surface area contributed by atoms with Gasteiger partial charge in [-0.1, -0.05) is 11.6 Å². The molecule has 0 aromatic carbocycles. The number of hydrogen-bond donors (Lipinski definition) is 0. The quantitative estimate of drug-likeness (QED) is 0.788. The summed E-state index contributed by atoms with van der Waals surface area (Å²) in [5.74, 6) is 0. The Kier molecular flexibility index (Phi) is 3.60. The Morgan fingerprint density at radius 2 is 2.27 bits per heavy atom. The Hall–Kier alpha value is -0.170.